The average Bonchev–Trinajstić information content (AvgIpc) is 3.28. The van der Waals surface area contributed by atoms with Crippen LogP contribution in [-0.2, 0) is 19.0 Å². The number of aromatic nitrogens is 4. The molecule has 4 saturated carbocycles. The Balaban J connectivity index is 1.34. The number of nitrogens with one attached hydrogen (secondary N) is 1. The fourth-order valence-corrected chi connectivity index (χ4v) is 7.64. The maximum Gasteiger partial charge on any atom is 0.330 e. The number of rotatable bonds is 3. The van der Waals surface area contributed by atoms with Gasteiger partial charge in [-0.05, 0) is 62.0 Å². The first-order valence-electron chi connectivity index (χ1n) is 11.7. The van der Waals surface area contributed by atoms with E-state index in [9.17, 15) is 9.90 Å². The number of aliphatic hydroxyl groups is 1. The zero-order valence-electron chi connectivity index (χ0n) is 18.5. The van der Waals surface area contributed by atoms with E-state index >= 15 is 0 Å². The Morgan fingerprint density at radius 2 is 2.03 bits per heavy atom. The van der Waals surface area contributed by atoms with Crippen molar-refractivity contribution < 1.29 is 9.84 Å². The number of aryl methyl sites for hydroxylation is 1. The molecule has 2 aromatic heterocycles. The molecule has 5 aliphatic rings. The normalized spacial score (nSPS) is 31.7. The van der Waals surface area contributed by atoms with Gasteiger partial charge in [0.1, 0.15) is 11.3 Å². The van der Waals surface area contributed by atoms with Gasteiger partial charge in [-0.25, -0.2) is 9.78 Å². The molecule has 172 valence electrons. The summed E-state index contributed by atoms with van der Waals surface area (Å²) in [6, 6.07) is 3.80. The average molecular weight is 468 g/mol. The van der Waals surface area contributed by atoms with Gasteiger partial charge in [0.2, 0.25) is 5.95 Å². The number of hydrogen-bond donors (Lipinski definition) is 2. The summed E-state index contributed by atoms with van der Waals surface area (Å²) in [4.78, 5) is 22.8. The van der Waals surface area contributed by atoms with E-state index in [0.29, 0.717) is 52.7 Å². The van der Waals surface area contributed by atoms with Crippen molar-refractivity contribution in [3.63, 3.8) is 0 Å². The second kappa shape index (κ2) is 6.51. The van der Waals surface area contributed by atoms with E-state index in [4.69, 9.17) is 21.3 Å². The number of imidazole rings is 1. The second-order valence-corrected chi connectivity index (χ2v) is 11.1. The summed E-state index contributed by atoms with van der Waals surface area (Å²) in [5.74, 6) is 2.14. The van der Waals surface area contributed by atoms with Crippen molar-refractivity contribution in [2.75, 3.05) is 11.9 Å². The molecular formula is C24H26ClN5O3. The number of benzene rings is 1. The van der Waals surface area contributed by atoms with Gasteiger partial charge in [0.25, 0.3) is 0 Å². The van der Waals surface area contributed by atoms with Crippen molar-refractivity contribution in [1.29, 1.82) is 0 Å². The van der Waals surface area contributed by atoms with Gasteiger partial charge in [-0.15, -0.1) is 0 Å². The van der Waals surface area contributed by atoms with Gasteiger partial charge in [-0.1, -0.05) is 11.6 Å². The zero-order chi connectivity index (χ0) is 22.5. The van der Waals surface area contributed by atoms with Gasteiger partial charge in [-0.3, -0.25) is 9.13 Å². The lowest BCUT2D eigenvalue weighted by atomic mass is 9.51. The minimum Gasteiger partial charge on any atom is -0.493 e. The molecule has 4 fully saturated rings. The molecule has 0 amide bonds. The number of nitrogens with zero attached hydrogens (tertiary/aromatic N) is 4. The Morgan fingerprint density at radius 1 is 1.24 bits per heavy atom. The van der Waals surface area contributed by atoms with Crippen LogP contribution >= 0.6 is 11.6 Å². The fourth-order valence-electron chi connectivity index (χ4n) is 7.44. The van der Waals surface area contributed by atoms with Crippen LogP contribution in [0, 0.1) is 11.8 Å². The molecule has 4 bridgehead atoms. The molecule has 0 saturated heterocycles. The van der Waals surface area contributed by atoms with E-state index < -0.39 is 5.60 Å². The van der Waals surface area contributed by atoms with Gasteiger partial charge >= 0.3 is 5.69 Å². The topological polar surface area (TPSA) is 94.2 Å². The van der Waals surface area contributed by atoms with Crippen molar-refractivity contribution in [2.45, 2.75) is 56.1 Å². The highest BCUT2D eigenvalue weighted by molar-refractivity contribution is 6.33. The lowest BCUT2D eigenvalue weighted by Crippen LogP contribution is -2.61. The van der Waals surface area contributed by atoms with Gasteiger partial charge in [0.05, 0.1) is 34.7 Å². The van der Waals surface area contributed by atoms with Crippen LogP contribution in [0.1, 0.15) is 44.1 Å². The largest absolute Gasteiger partial charge is 0.493 e. The van der Waals surface area contributed by atoms with E-state index in [1.54, 1.807) is 17.8 Å². The van der Waals surface area contributed by atoms with E-state index in [1.165, 1.54) is 0 Å². The molecule has 2 N–H and O–H groups in total. The standard InChI is InChI=1S/C24H26ClN5O3/c1-29-18-11-26-21(27-17-5-15-2-3-33-19(15)6-16(17)25)28-20(18)30(22(29)31)23-7-13-4-14(8-23)10-24(32,9-13)12-23/h5-6,11,13-14,32H,2-4,7-10,12H2,1H3,(H,26,27,28). The predicted molar refractivity (Wildman–Crippen MR) is 124 cm³/mol. The Morgan fingerprint density at radius 3 is 2.79 bits per heavy atom. The van der Waals surface area contributed by atoms with E-state index in [-0.39, 0.29) is 11.2 Å². The molecule has 0 spiro atoms. The van der Waals surface area contributed by atoms with Crippen LogP contribution in [-0.4, -0.2) is 36.4 Å². The Hall–Kier alpha value is -2.58. The molecule has 33 heavy (non-hydrogen) atoms. The number of ether oxygens (including phenoxy) is 1. The van der Waals surface area contributed by atoms with Crippen LogP contribution in [0.4, 0.5) is 11.6 Å². The minimum absolute atomic E-state index is 0.0882. The Labute approximate surface area is 195 Å². The van der Waals surface area contributed by atoms with Crippen LogP contribution in [0.5, 0.6) is 5.75 Å². The molecule has 9 heteroatoms. The van der Waals surface area contributed by atoms with Crippen LogP contribution in [0.15, 0.2) is 23.1 Å². The molecule has 3 heterocycles. The SMILES string of the molecule is Cn1c(=O)n(C23CC4CC(CC(O)(C4)C2)C3)c2nc(Nc3cc4c(cc3Cl)OCC4)ncc21. The van der Waals surface area contributed by atoms with Crippen molar-refractivity contribution >= 4 is 34.4 Å². The predicted octanol–water partition coefficient (Wildman–Crippen LogP) is 3.50. The number of anilines is 2. The van der Waals surface area contributed by atoms with Gasteiger partial charge in [0.15, 0.2) is 5.65 Å². The smallest absolute Gasteiger partial charge is 0.330 e. The summed E-state index contributed by atoms with van der Waals surface area (Å²) < 4.78 is 9.09. The van der Waals surface area contributed by atoms with E-state index in [0.717, 1.165) is 49.8 Å². The first-order valence-corrected chi connectivity index (χ1v) is 12.1. The van der Waals surface area contributed by atoms with Crippen molar-refractivity contribution in [2.24, 2.45) is 18.9 Å². The number of halogens is 1. The van der Waals surface area contributed by atoms with Crippen molar-refractivity contribution in [3.05, 3.63) is 39.4 Å². The summed E-state index contributed by atoms with van der Waals surface area (Å²) in [5, 5.41) is 15.0. The first-order chi connectivity index (χ1) is 15.8. The molecule has 3 aromatic rings. The van der Waals surface area contributed by atoms with Gasteiger partial charge < -0.3 is 15.2 Å². The zero-order valence-corrected chi connectivity index (χ0v) is 19.2. The molecule has 8 rings (SSSR count). The first kappa shape index (κ1) is 19.9. The molecule has 1 aromatic carbocycles. The lowest BCUT2D eigenvalue weighted by Gasteiger charge is -2.60. The fraction of sp³-hybridized carbons (Fsp3) is 0.542. The second-order valence-electron chi connectivity index (χ2n) is 10.7. The van der Waals surface area contributed by atoms with E-state index in [2.05, 4.69) is 10.3 Å². The van der Waals surface area contributed by atoms with Crippen molar-refractivity contribution in [1.82, 2.24) is 19.1 Å². The molecule has 2 unspecified atom stereocenters. The van der Waals surface area contributed by atoms with Crippen molar-refractivity contribution in [3.8, 4) is 5.75 Å². The molecule has 1 aliphatic heterocycles. The van der Waals surface area contributed by atoms with Gasteiger partial charge in [0, 0.05) is 19.5 Å². The molecular weight excluding hydrogens is 442 g/mol. The molecule has 4 aliphatic carbocycles. The third-order valence-electron chi connectivity index (χ3n) is 8.30. The summed E-state index contributed by atoms with van der Waals surface area (Å²) >= 11 is 6.48. The van der Waals surface area contributed by atoms with Crippen LogP contribution in [0.3, 0.4) is 0 Å². The summed E-state index contributed by atoms with van der Waals surface area (Å²) in [5.41, 5.74) is 1.99. The number of fused-ring (bicyclic) bond motifs is 2. The summed E-state index contributed by atoms with van der Waals surface area (Å²) in [7, 11) is 1.77. The van der Waals surface area contributed by atoms with Gasteiger partial charge in [-0.2, -0.15) is 4.98 Å². The van der Waals surface area contributed by atoms with E-state index in [1.807, 2.05) is 16.7 Å². The maximum atomic E-state index is 13.5. The van der Waals surface area contributed by atoms with Crippen LogP contribution in [0.2, 0.25) is 5.02 Å². The highest BCUT2D eigenvalue weighted by Gasteiger charge is 2.59. The highest BCUT2D eigenvalue weighted by Crippen LogP contribution is 2.60. The Bertz CT molecular complexity index is 1360. The third kappa shape index (κ3) is 2.83. The monoisotopic (exact) mass is 467 g/mol. The third-order valence-corrected chi connectivity index (χ3v) is 8.61. The maximum absolute atomic E-state index is 13.5. The van der Waals surface area contributed by atoms with Crippen LogP contribution in [0.25, 0.3) is 11.2 Å². The van der Waals surface area contributed by atoms with Crippen LogP contribution < -0.4 is 15.7 Å². The Kier molecular flexibility index (Phi) is 3.92. The molecule has 0 radical (unpaired) electrons. The lowest BCUT2D eigenvalue weighted by molar-refractivity contribution is -0.156. The highest BCUT2D eigenvalue weighted by atomic mass is 35.5. The minimum atomic E-state index is -0.667. The quantitative estimate of drug-likeness (QED) is 0.612. The summed E-state index contributed by atoms with van der Waals surface area (Å²) in [6.45, 7) is 0.657. The number of hydrogen-bond acceptors (Lipinski definition) is 6. The summed E-state index contributed by atoms with van der Waals surface area (Å²) in [6.07, 6.45) is 7.87. The molecule has 8 nitrogen and oxygen atoms in total. The molecule has 2 atom stereocenters.